The fourth-order valence-electron chi connectivity index (χ4n) is 1.86. The Hall–Kier alpha value is -1.44. The van der Waals surface area contributed by atoms with Crippen molar-refractivity contribution in [1.82, 2.24) is 18.7 Å². The van der Waals surface area contributed by atoms with Crippen molar-refractivity contribution in [1.29, 1.82) is 0 Å². The first-order valence-corrected chi connectivity index (χ1v) is 10.6. The molecule has 0 spiro atoms. The van der Waals surface area contributed by atoms with Gasteiger partial charge in [-0.25, -0.2) is 0 Å². The average molecular weight is 453 g/mol. The summed E-state index contributed by atoms with van der Waals surface area (Å²) in [7, 11) is 4.68. The predicted octanol–water partition coefficient (Wildman–Crippen LogP) is -1.84. The summed E-state index contributed by atoms with van der Waals surface area (Å²) in [6.07, 6.45) is 0. The first kappa shape index (κ1) is 14.0. The van der Waals surface area contributed by atoms with E-state index in [4.69, 9.17) is 2.64 Å². The van der Waals surface area contributed by atoms with Crippen LogP contribution in [-0.2, 0) is 53.6 Å². The van der Waals surface area contributed by atoms with Gasteiger partial charge in [0.15, 0.2) is 0 Å². The molecule has 0 aliphatic rings. The number of carbonyl (C=O) groups is 1. The third-order valence-electron chi connectivity index (χ3n) is 2.97. The maximum atomic E-state index is 12.1. The number of imidazole rings is 1. The second kappa shape index (κ2) is 4.91. The fourth-order valence-corrected chi connectivity index (χ4v) is 5.35. The first-order chi connectivity index (χ1) is 8.84. The van der Waals surface area contributed by atoms with Crippen molar-refractivity contribution in [3.63, 3.8) is 0 Å². The number of fused-ring (bicyclic) bond motifs is 1. The summed E-state index contributed by atoms with van der Waals surface area (Å²) in [6, 6.07) is 0. The van der Waals surface area contributed by atoms with Gasteiger partial charge in [0.2, 0.25) is 0 Å². The van der Waals surface area contributed by atoms with E-state index in [0.717, 1.165) is 4.57 Å². The van der Waals surface area contributed by atoms with Crippen LogP contribution in [0.25, 0.3) is 11.2 Å². The molecule has 0 aromatic carbocycles. The molecule has 0 saturated carbocycles. The molecule has 0 fully saturated rings. The summed E-state index contributed by atoms with van der Waals surface area (Å²) in [5, 5.41) is 0. The van der Waals surface area contributed by atoms with Crippen LogP contribution in [0.2, 0.25) is 0 Å². The molecule has 0 aliphatic carbocycles. The molecule has 0 amide bonds. The third-order valence-corrected chi connectivity index (χ3v) is 8.58. The molecule has 2 rings (SSSR count). The Morgan fingerprint density at radius 2 is 1.79 bits per heavy atom. The van der Waals surface area contributed by atoms with Crippen LogP contribution in [0.3, 0.4) is 0 Å². The Morgan fingerprint density at radius 3 is 2.37 bits per heavy atom. The number of carbonyl (C=O) groups excluding carboxylic acids is 1. The Balaban J connectivity index is 2.74. The second-order valence-corrected chi connectivity index (χ2v) is 8.95. The van der Waals surface area contributed by atoms with Gasteiger partial charge < -0.3 is 0 Å². The molecule has 2 aromatic rings. The molecule has 0 aliphatic heterocycles. The van der Waals surface area contributed by atoms with Gasteiger partial charge in [0.1, 0.15) is 0 Å². The van der Waals surface area contributed by atoms with E-state index in [1.807, 2.05) is 0 Å². The molecule has 9 heteroatoms. The third kappa shape index (κ3) is 2.24. The standard InChI is InChI=1S/C8H9N4O2.C2H4O2.Hg/c1-10-4-9-6-5(10)7(13)12(3)8(14)11(6)2;1-2(3)4;/h1-3H3;1H3,(H,3,4);/q;;+1/p-1. The van der Waals surface area contributed by atoms with E-state index in [9.17, 15) is 14.4 Å². The van der Waals surface area contributed by atoms with Crippen molar-refractivity contribution in [2.45, 2.75) is 6.92 Å². The molecule has 19 heavy (non-hydrogen) atoms. The molecule has 0 bridgehead atoms. The zero-order valence-electron chi connectivity index (χ0n) is 11.1. The minimum absolute atomic E-state index is 0.331. The molecular weight excluding hydrogens is 441 g/mol. The summed E-state index contributed by atoms with van der Waals surface area (Å²) in [5.41, 5.74) is -0.133. The van der Waals surface area contributed by atoms with Crippen LogP contribution in [0.4, 0.5) is 0 Å². The Bertz CT molecular complexity index is 785. The van der Waals surface area contributed by atoms with Crippen molar-refractivity contribution >= 4 is 20.5 Å². The molecule has 0 atom stereocenters. The van der Waals surface area contributed by atoms with Crippen molar-refractivity contribution in [2.24, 2.45) is 21.1 Å². The summed E-state index contributed by atoms with van der Waals surface area (Å²) in [6.45, 7) is 1.34. The van der Waals surface area contributed by atoms with Gasteiger partial charge in [-0.05, 0) is 0 Å². The van der Waals surface area contributed by atoms with Crippen molar-refractivity contribution in [3.05, 3.63) is 20.8 Å². The summed E-state index contributed by atoms with van der Waals surface area (Å²) >= 11 is -2.16. The van der Waals surface area contributed by atoms with Crippen LogP contribution in [0.1, 0.15) is 6.92 Å². The van der Waals surface area contributed by atoms with Crippen LogP contribution >= 0.6 is 0 Å². The molecule has 8 nitrogen and oxygen atoms in total. The number of aromatic nitrogens is 4. The summed E-state index contributed by atoms with van der Waals surface area (Å²) in [4.78, 5) is 39.0. The molecule has 0 N–H and O–H groups in total. The molecule has 0 unspecified atom stereocenters. The van der Waals surface area contributed by atoms with E-state index >= 15 is 0 Å². The monoisotopic (exact) mass is 454 g/mol. The van der Waals surface area contributed by atoms with Crippen LogP contribution in [0.5, 0.6) is 0 Å². The van der Waals surface area contributed by atoms with E-state index in [0.29, 0.717) is 14.5 Å². The van der Waals surface area contributed by atoms with Gasteiger partial charge in [0.05, 0.1) is 0 Å². The first-order valence-electron chi connectivity index (χ1n) is 5.59. The number of hydrogen-bond donors (Lipinski definition) is 0. The van der Waals surface area contributed by atoms with Crippen molar-refractivity contribution in [2.75, 3.05) is 0 Å². The van der Waals surface area contributed by atoms with Crippen molar-refractivity contribution < 1.29 is 32.5 Å². The Kier molecular flexibility index (Phi) is 3.61. The molecular formula is C10H12HgN4O4. The Labute approximate surface area is 120 Å². The molecule has 2 aromatic heterocycles. The molecule has 2 heterocycles. The molecule has 0 saturated heterocycles. The molecule has 0 radical (unpaired) electrons. The zero-order valence-corrected chi connectivity index (χ0v) is 16.6. The summed E-state index contributed by atoms with van der Waals surface area (Å²) < 4.78 is 9.70. The van der Waals surface area contributed by atoms with Gasteiger partial charge in [-0.1, -0.05) is 0 Å². The van der Waals surface area contributed by atoms with Crippen LogP contribution in [0.15, 0.2) is 9.59 Å². The number of hydrogen-bond acceptors (Lipinski definition) is 5. The zero-order chi connectivity index (χ0) is 14.3. The van der Waals surface area contributed by atoms with Gasteiger partial charge in [-0.15, -0.1) is 0 Å². The van der Waals surface area contributed by atoms with E-state index in [-0.39, 0.29) is 5.97 Å². The van der Waals surface area contributed by atoms with Gasteiger partial charge in [0.25, 0.3) is 0 Å². The number of nitrogens with zero attached hydrogens (tertiary/aromatic N) is 4. The number of aryl methyl sites for hydroxylation is 2. The Morgan fingerprint density at radius 1 is 1.16 bits per heavy atom. The SMILES string of the molecule is CC(=O)[O][Hg][c]1nc2c(c(=O)n(C)c(=O)n2C)n1C. The van der Waals surface area contributed by atoms with Gasteiger partial charge in [-0.3, -0.25) is 0 Å². The van der Waals surface area contributed by atoms with Crippen LogP contribution in [0, 0.1) is 0 Å². The van der Waals surface area contributed by atoms with E-state index in [1.54, 1.807) is 18.7 Å². The quantitative estimate of drug-likeness (QED) is 0.500. The maximum absolute atomic E-state index is 12.1. The van der Waals surface area contributed by atoms with E-state index in [1.165, 1.54) is 18.5 Å². The van der Waals surface area contributed by atoms with Crippen molar-refractivity contribution in [3.8, 4) is 0 Å². The fraction of sp³-hybridized carbons (Fsp3) is 0.400. The van der Waals surface area contributed by atoms with Gasteiger partial charge in [-0.2, -0.15) is 0 Å². The van der Waals surface area contributed by atoms with Gasteiger partial charge >= 0.3 is 121 Å². The minimum atomic E-state index is -2.16. The molecule has 98 valence electrons. The average Bonchev–Trinajstić information content (AvgIpc) is 2.69. The van der Waals surface area contributed by atoms with E-state index < -0.39 is 36.3 Å². The second-order valence-electron chi connectivity index (χ2n) is 4.25. The number of rotatable bonds is 2. The predicted molar refractivity (Wildman–Crippen MR) is 62.6 cm³/mol. The van der Waals surface area contributed by atoms with E-state index in [2.05, 4.69) is 4.98 Å². The topological polar surface area (TPSA) is 88.1 Å². The van der Waals surface area contributed by atoms with Gasteiger partial charge in [0, 0.05) is 0 Å². The van der Waals surface area contributed by atoms with Crippen LogP contribution in [-0.4, -0.2) is 24.7 Å². The van der Waals surface area contributed by atoms with Crippen LogP contribution < -0.4 is 14.6 Å². The normalized spacial score (nSPS) is 10.5. The summed E-state index contributed by atoms with van der Waals surface area (Å²) in [5.74, 6) is -0.337.